The lowest BCUT2D eigenvalue weighted by atomic mass is 9.81. The summed E-state index contributed by atoms with van der Waals surface area (Å²) in [5.74, 6) is -2.25. The lowest BCUT2D eigenvalue weighted by Crippen LogP contribution is -2.33. The number of benzene rings is 3. The van der Waals surface area contributed by atoms with Crippen LogP contribution in [0.25, 0.3) is 0 Å². The van der Waals surface area contributed by atoms with E-state index in [1.807, 2.05) is 55.5 Å². The molecule has 2 aliphatic heterocycles. The number of thiazole rings is 1. The molecule has 6 rings (SSSR count). The summed E-state index contributed by atoms with van der Waals surface area (Å²) < 4.78 is 1.43. The molecule has 0 saturated carbocycles. The molecular weight excluding hydrogens is 602 g/mol. The first-order valence-electron chi connectivity index (χ1n) is 13.9. The Morgan fingerprint density at radius 3 is 2.19 bits per heavy atom. The minimum absolute atomic E-state index is 0.0713. The number of carbonyl (C=O) groups excluding carboxylic acids is 3. The van der Waals surface area contributed by atoms with E-state index in [2.05, 4.69) is 26.1 Å². The molecule has 0 spiro atoms. The molecule has 1 saturated heterocycles. The zero-order chi connectivity index (χ0) is 30.6. The molecule has 1 N–H and O–H groups in total. The van der Waals surface area contributed by atoms with Crippen LogP contribution in [-0.2, 0) is 26.3 Å². The lowest BCUT2D eigenvalue weighted by molar-refractivity contribution is -0.122. The molecule has 0 radical (unpaired) electrons. The van der Waals surface area contributed by atoms with E-state index in [0.717, 1.165) is 28.0 Å². The van der Waals surface area contributed by atoms with Gasteiger partial charge in [-0.2, -0.15) is 0 Å². The molecule has 3 heterocycles. The van der Waals surface area contributed by atoms with Crippen LogP contribution in [0.5, 0.6) is 0 Å². The van der Waals surface area contributed by atoms with Gasteiger partial charge in [0, 0.05) is 21.5 Å². The Morgan fingerprint density at radius 2 is 1.56 bits per heavy atom. The van der Waals surface area contributed by atoms with Crippen molar-refractivity contribution in [2.75, 3.05) is 10.2 Å². The average Bonchev–Trinajstić information content (AvgIpc) is 3.40. The summed E-state index contributed by atoms with van der Waals surface area (Å²) in [6.45, 7) is 8.14. The number of fused-ring (bicyclic) bond motifs is 2. The summed E-state index contributed by atoms with van der Waals surface area (Å²) in [5, 5.41) is 3.15. The van der Waals surface area contributed by atoms with Crippen LogP contribution in [0.1, 0.15) is 48.3 Å². The molecule has 2 aliphatic rings. The molecule has 4 aromatic rings. The highest BCUT2D eigenvalue weighted by atomic mass is 35.5. The summed E-state index contributed by atoms with van der Waals surface area (Å²) in [5.41, 5.74) is 4.06. The number of hydrogen-bond donors (Lipinski definition) is 1. The second-order valence-electron chi connectivity index (χ2n) is 11.9. The van der Waals surface area contributed by atoms with Crippen LogP contribution >= 0.6 is 34.7 Å². The number of thioether (sulfide) groups is 1. The Morgan fingerprint density at radius 1 is 0.907 bits per heavy atom. The number of carbonyl (C=O) groups is 3. The SMILES string of the molecule is Cc1ccc(NC(=O)Cn2c3c(sc2=O)[C@@H](c2ccc(C(C)(C)C)cc2)C2C(=O)N(c4ccc(Cl)cc4)C(=O)C2S3)cc1. The first-order chi connectivity index (χ1) is 20.4. The van der Waals surface area contributed by atoms with Gasteiger partial charge in [0.25, 0.3) is 0 Å². The van der Waals surface area contributed by atoms with E-state index in [-0.39, 0.29) is 34.6 Å². The standard InChI is InChI=1S/C33H30ClN3O4S2/c1-18-5-13-22(14-6-18)35-24(38)17-36-31-28(43-32(36)41)25(19-7-9-20(10-8-19)33(2,3)4)26-27(42-31)30(40)37(29(26)39)23-15-11-21(34)12-16-23/h5-16,25-27H,17H2,1-4H3,(H,35,38)/t25-,26?,27?/m0/s1. The number of rotatable bonds is 5. The van der Waals surface area contributed by atoms with Crippen LogP contribution in [-0.4, -0.2) is 27.5 Å². The number of imide groups is 1. The largest absolute Gasteiger partial charge is 0.325 e. The number of halogens is 1. The maximum atomic E-state index is 14.1. The summed E-state index contributed by atoms with van der Waals surface area (Å²) in [6, 6.07) is 22.1. The van der Waals surface area contributed by atoms with Gasteiger partial charge in [0.05, 0.1) is 16.6 Å². The van der Waals surface area contributed by atoms with Crippen LogP contribution in [0.15, 0.2) is 82.6 Å². The minimum Gasteiger partial charge on any atom is -0.325 e. The molecule has 43 heavy (non-hydrogen) atoms. The lowest BCUT2D eigenvalue weighted by Gasteiger charge is -2.31. The maximum absolute atomic E-state index is 14.1. The topological polar surface area (TPSA) is 88.5 Å². The van der Waals surface area contributed by atoms with Gasteiger partial charge in [-0.15, -0.1) is 0 Å². The van der Waals surface area contributed by atoms with E-state index in [0.29, 0.717) is 26.3 Å². The molecule has 1 aromatic heterocycles. The fraction of sp³-hybridized carbons (Fsp3) is 0.273. The average molecular weight is 632 g/mol. The zero-order valence-electron chi connectivity index (χ0n) is 24.1. The molecule has 3 aromatic carbocycles. The molecule has 3 amide bonds. The molecule has 2 unspecified atom stereocenters. The highest BCUT2D eigenvalue weighted by Crippen LogP contribution is 2.54. The molecule has 0 bridgehead atoms. The number of anilines is 2. The highest BCUT2D eigenvalue weighted by molar-refractivity contribution is 8.00. The second kappa shape index (κ2) is 11.1. The molecule has 10 heteroatoms. The predicted octanol–water partition coefficient (Wildman–Crippen LogP) is 6.60. The first kappa shape index (κ1) is 29.4. The smallest absolute Gasteiger partial charge is 0.308 e. The quantitative estimate of drug-likeness (QED) is 0.251. The van der Waals surface area contributed by atoms with Crippen molar-refractivity contribution in [3.8, 4) is 0 Å². The molecular formula is C33H30ClN3O4S2. The molecule has 1 fully saturated rings. The van der Waals surface area contributed by atoms with E-state index in [9.17, 15) is 19.2 Å². The number of nitrogens with zero attached hydrogens (tertiary/aromatic N) is 2. The maximum Gasteiger partial charge on any atom is 0.308 e. The van der Waals surface area contributed by atoms with Crippen molar-refractivity contribution < 1.29 is 14.4 Å². The van der Waals surface area contributed by atoms with Crippen LogP contribution in [0, 0.1) is 12.8 Å². The fourth-order valence-electron chi connectivity index (χ4n) is 5.63. The highest BCUT2D eigenvalue weighted by Gasteiger charge is 2.56. The van der Waals surface area contributed by atoms with Crippen LogP contribution in [0.3, 0.4) is 0 Å². The fourth-order valence-corrected chi connectivity index (χ4v) is 8.53. The molecule has 220 valence electrons. The minimum atomic E-state index is -0.761. The third-order valence-electron chi connectivity index (χ3n) is 7.91. The van der Waals surface area contributed by atoms with Gasteiger partial charge < -0.3 is 5.32 Å². The third kappa shape index (κ3) is 5.46. The van der Waals surface area contributed by atoms with E-state index < -0.39 is 17.1 Å². The van der Waals surface area contributed by atoms with Crippen molar-refractivity contribution in [2.45, 2.75) is 55.8 Å². The van der Waals surface area contributed by atoms with Gasteiger partial charge in [0.1, 0.15) is 11.8 Å². The van der Waals surface area contributed by atoms with Gasteiger partial charge in [-0.05, 0) is 59.9 Å². The van der Waals surface area contributed by atoms with E-state index in [1.165, 1.54) is 21.2 Å². The number of aryl methyl sites for hydroxylation is 1. The van der Waals surface area contributed by atoms with E-state index >= 15 is 0 Å². The number of nitrogens with one attached hydrogen (secondary N) is 1. The number of hydrogen-bond acceptors (Lipinski definition) is 6. The Kier molecular flexibility index (Phi) is 7.61. The third-order valence-corrected chi connectivity index (χ3v) is 10.8. The number of aromatic nitrogens is 1. The van der Waals surface area contributed by atoms with Crippen molar-refractivity contribution in [3.63, 3.8) is 0 Å². The molecule has 3 atom stereocenters. The summed E-state index contributed by atoms with van der Waals surface area (Å²) >= 11 is 8.32. The van der Waals surface area contributed by atoms with Gasteiger partial charge in [-0.3, -0.25) is 23.7 Å². The zero-order valence-corrected chi connectivity index (χ0v) is 26.5. The van der Waals surface area contributed by atoms with Gasteiger partial charge >= 0.3 is 4.87 Å². The summed E-state index contributed by atoms with van der Waals surface area (Å²) in [6.07, 6.45) is 0. The van der Waals surface area contributed by atoms with Crippen LogP contribution in [0.2, 0.25) is 5.02 Å². The Balaban J connectivity index is 1.41. The van der Waals surface area contributed by atoms with Crippen LogP contribution < -0.4 is 15.1 Å². The predicted molar refractivity (Wildman–Crippen MR) is 172 cm³/mol. The Hall–Kier alpha value is -3.66. The normalized spacial score (nSPS) is 19.7. The van der Waals surface area contributed by atoms with Gasteiger partial charge in [0.15, 0.2) is 0 Å². The van der Waals surface area contributed by atoms with Crippen LogP contribution in [0.4, 0.5) is 11.4 Å². The van der Waals surface area contributed by atoms with Crippen molar-refractivity contribution in [1.29, 1.82) is 0 Å². The number of amides is 3. The van der Waals surface area contributed by atoms with Gasteiger partial charge in [0.2, 0.25) is 17.7 Å². The van der Waals surface area contributed by atoms with Crippen molar-refractivity contribution in [1.82, 2.24) is 4.57 Å². The van der Waals surface area contributed by atoms with Crippen molar-refractivity contribution in [2.24, 2.45) is 5.92 Å². The monoisotopic (exact) mass is 631 g/mol. The van der Waals surface area contributed by atoms with Crippen molar-refractivity contribution in [3.05, 3.63) is 109 Å². The van der Waals surface area contributed by atoms with Crippen molar-refractivity contribution >= 4 is 63.8 Å². The summed E-state index contributed by atoms with van der Waals surface area (Å²) in [4.78, 5) is 56.1. The summed E-state index contributed by atoms with van der Waals surface area (Å²) in [7, 11) is 0. The molecule has 0 aliphatic carbocycles. The first-order valence-corrected chi connectivity index (χ1v) is 16.0. The van der Waals surface area contributed by atoms with E-state index in [4.69, 9.17) is 11.6 Å². The Labute approximate surface area is 262 Å². The Bertz CT molecular complexity index is 1790. The van der Waals surface area contributed by atoms with Gasteiger partial charge in [-0.25, -0.2) is 4.90 Å². The molecule has 7 nitrogen and oxygen atoms in total. The van der Waals surface area contributed by atoms with Gasteiger partial charge in [-0.1, -0.05) is 97.4 Å². The second-order valence-corrected chi connectivity index (χ2v) is 14.5. The van der Waals surface area contributed by atoms with E-state index in [1.54, 1.807) is 24.3 Å².